The summed E-state index contributed by atoms with van der Waals surface area (Å²) < 4.78 is 3.59. The molecule has 0 spiro atoms. The van der Waals surface area contributed by atoms with Gasteiger partial charge < -0.3 is 0 Å². The molecule has 4 rings (SSSR count). The Kier molecular flexibility index (Phi) is 4.01. The van der Waals surface area contributed by atoms with E-state index in [1.54, 1.807) is 4.57 Å². The summed E-state index contributed by atoms with van der Waals surface area (Å²) in [6, 6.07) is 16.9. The van der Waals surface area contributed by atoms with Gasteiger partial charge >= 0.3 is 5.69 Å². The summed E-state index contributed by atoms with van der Waals surface area (Å²) in [6.07, 6.45) is 6.75. The van der Waals surface area contributed by atoms with Gasteiger partial charge in [0, 0.05) is 7.05 Å². The van der Waals surface area contributed by atoms with Crippen molar-refractivity contribution >= 4 is 11.0 Å². The molecule has 1 saturated carbocycles. The Balaban J connectivity index is 1.62. The normalized spacial score (nSPS) is 15.9. The molecule has 1 fully saturated rings. The van der Waals surface area contributed by atoms with E-state index in [-0.39, 0.29) is 5.69 Å². The highest BCUT2D eigenvalue weighted by molar-refractivity contribution is 5.75. The van der Waals surface area contributed by atoms with Gasteiger partial charge in [-0.15, -0.1) is 0 Å². The lowest BCUT2D eigenvalue weighted by Gasteiger charge is -2.22. The number of hydrogen-bond acceptors (Lipinski definition) is 1. The third-order valence-corrected chi connectivity index (χ3v) is 5.45. The SMILES string of the molecule is Cn1c(=O)n(Cc2ccc(C3CCCCC3)cc2)c2ccccc21. The standard InChI is InChI=1S/C21H24N2O/c1-22-19-9-5-6-10-20(19)23(21(22)24)15-16-11-13-18(14-12-16)17-7-3-2-4-8-17/h5-6,9-14,17H,2-4,7-8,15H2,1H3. The molecule has 3 nitrogen and oxygen atoms in total. The summed E-state index contributed by atoms with van der Waals surface area (Å²) in [5.74, 6) is 0.730. The Morgan fingerprint density at radius 1 is 0.917 bits per heavy atom. The first-order chi connectivity index (χ1) is 11.7. The highest BCUT2D eigenvalue weighted by Crippen LogP contribution is 2.32. The van der Waals surface area contributed by atoms with Crippen molar-refractivity contribution in [2.45, 2.75) is 44.6 Å². The van der Waals surface area contributed by atoms with E-state index in [4.69, 9.17) is 0 Å². The fourth-order valence-electron chi connectivity index (χ4n) is 4.03. The number of fused-ring (bicyclic) bond motifs is 1. The predicted molar refractivity (Wildman–Crippen MR) is 98.5 cm³/mol. The van der Waals surface area contributed by atoms with Crippen LogP contribution in [0.3, 0.4) is 0 Å². The van der Waals surface area contributed by atoms with Gasteiger partial charge in [-0.1, -0.05) is 55.7 Å². The molecule has 1 heterocycles. The number of rotatable bonds is 3. The highest BCUT2D eigenvalue weighted by atomic mass is 16.1. The number of hydrogen-bond donors (Lipinski definition) is 0. The second kappa shape index (κ2) is 6.31. The summed E-state index contributed by atoms with van der Waals surface area (Å²) in [5, 5.41) is 0. The van der Waals surface area contributed by atoms with E-state index in [0.717, 1.165) is 17.0 Å². The van der Waals surface area contributed by atoms with Gasteiger partial charge in [-0.25, -0.2) is 4.79 Å². The Hall–Kier alpha value is -2.29. The first kappa shape index (κ1) is 15.3. The molecule has 3 aromatic rings. The maximum absolute atomic E-state index is 12.5. The monoisotopic (exact) mass is 320 g/mol. The molecule has 0 bridgehead atoms. The van der Waals surface area contributed by atoms with Crippen molar-refractivity contribution < 1.29 is 0 Å². The van der Waals surface area contributed by atoms with Crippen LogP contribution in [0, 0.1) is 0 Å². The van der Waals surface area contributed by atoms with Crippen molar-refractivity contribution in [2.24, 2.45) is 7.05 Å². The van der Waals surface area contributed by atoms with Gasteiger partial charge in [-0.3, -0.25) is 9.13 Å². The van der Waals surface area contributed by atoms with Crippen LogP contribution in [0.1, 0.15) is 49.1 Å². The molecule has 0 radical (unpaired) electrons. The maximum atomic E-state index is 12.5. The number of aromatic nitrogens is 2. The number of benzene rings is 2. The Labute approximate surface area is 142 Å². The van der Waals surface area contributed by atoms with Crippen molar-refractivity contribution in [3.63, 3.8) is 0 Å². The van der Waals surface area contributed by atoms with Gasteiger partial charge in [-0.2, -0.15) is 0 Å². The second-order valence-electron chi connectivity index (χ2n) is 6.99. The summed E-state index contributed by atoms with van der Waals surface area (Å²) in [5.41, 5.74) is 4.69. The fraction of sp³-hybridized carbons (Fsp3) is 0.381. The van der Waals surface area contributed by atoms with E-state index in [1.807, 2.05) is 35.9 Å². The molecule has 3 heteroatoms. The molecule has 0 atom stereocenters. The van der Waals surface area contributed by atoms with Gasteiger partial charge in [0.25, 0.3) is 0 Å². The summed E-state index contributed by atoms with van der Waals surface area (Å²) in [7, 11) is 1.84. The number of aryl methyl sites for hydroxylation is 1. The topological polar surface area (TPSA) is 26.9 Å². The van der Waals surface area contributed by atoms with Crippen LogP contribution in [-0.2, 0) is 13.6 Å². The number of nitrogens with zero attached hydrogens (tertiary/aromatic N) is 2. The van der Waals surface area contributed by atoms with Gasteiger partial charge in [0.05, 0.1) is 17.6 Å². The van der Waals surface area contributed by atoms with Crippen molar-refractivity contribution in [3.8, 4) is 0 Å². The van der Waals surface area contributed by atoms with Crippen LogP contribution < -0.4 is 5.69 Å². The molecule has 0 unspecified atom stereocenters. The molecule has 24 heavy (non-hydrogen) atoms. The Bertz CT molecular complexity index is 896. The molecule has 0 N–H and O–H groups in total. The number of para-hydroxylation sites is 2. The van der Waals surface area contributed by atoms with Crippen LogP contribution in [0.2, 0.25) is 0 Å². The third kappa shape index (κ3) is 2.68. The van der Waals surface area contributed by atoms with Gasteiger partial charge in [-0.05, 0) is 42.0 Å². The van der Waals surface area contributed by atoms with E-state index >= 15 is 0 Å². The largest absolute Gasteiger partial charge is 0.329 e. The van der Waals surface area contributed by atoms with E-state index in [9.17, 15) is 4.79 Å². The first-order valence-electron chi connectivity index (χ1n) is 8.97. The van der Waals surface area contributed by atoms with Gasteiger partial charge in [0.2, 0.25) is 0 Å². The quantitative estimate of drug-likeness (QED) is 0.701. The van der Waals surface area contributed by atoms with Crippen LogP contribution in [0.4, 0.5) is 0 Å². The lowest BCUT2D eigenvalue weighted by molar-refractivity contribution is 0.443. The molecular formula is C21H24N2O. The van der Waals surface area contributed by atoms with Gasteiger partial charge in [0.15, 0.2) is 0 Å². The Morgan fingerprint density at radius 2 is 1.58 bits per heavy atom. The van der Waals surface area contributed by atoms with Crippen molar-refractivity contribution in [1.82, 2.24) is 9.13 Å². The molecule has 1 aliphatic rings. The predicted octanol–water partition coefficient (Wildman–Crippen LogP) is 4.44. The fourth-order valence-corrected chi connectivity index (χ4v) is 4.03. The summed E-state index contributed by atoms with van der Waals surface area (Å²) in [4.78, 5) is 12.5. The van der Waals surface area contributed by atoms with Crippen molar-refractivity contribution in [2.75, 3.05) is 0 Å². The molecule has 2 aromatic carbocycles. The molecule has 1 aromatic heterocycles. The first-order valence-corrected chi connectivity index (χ1v) is 8.97. The lowest BCUT2D eigenvalue weighted by Crippen LogP contribution is -2.22. The summed E-state index contributed by atoms with van der Waals surface area (Å²) in [6.45, 7) is 0.630. The molecule has 0 aliphatic heterocycles. The van der Waals surface area contributed by atoms with Crippen molar-refractivity contribution in [1.29, 1.82) is 0 Å². The van der Waals surface area contributed by atoms with E-state index in [0.29, 0.717) is 6.54 Å². The highest BCUT2D eigenvalue weighted by Gasteiger charge is 2.15. The Morgan fingerprint density at radius 3 is 2.29 bits per heavy atom. The molecule has 0 saturated heterocycles. The average molecular weight is 320 g/mol. The molecule has 124 valence electrons. The molecule has 1 aliphatic carbocycles. The number of imidazole rings is 1. The zero-order valence-corrected chi connectivity index (χ0v) is 14.2. The molecular weight excluding hydrogens is 296 g/mol. The van der Waals surface area contributed by atoms with Crippen molar-refractivity contribution in [3.05, 3.63) is 70.1 Å². The minimum absolute atomic E-state index is 0.0487. The summed E-state index contributed by atoms with van der Waals surface area (Å²) >= 11 is 0. The van der Waals surface area contributed by atoms with E-state index < -0.39 is 0 Å². The zero-order valence-electron chi connectivity index (χ0n) is 14.2. The van der Waals surface area contributed by atoms with E-state index in [1.165, 1.54) is 43.2 Å². The maximum Gasteiger partial charge on any atom is 0.329 e. The second-order valence-corrected chi connectivity index (χ2v) is 6.99. The van der Waals surface area contributed by atoms with E-state index in [2.05, 4.69) is 24.3 Å². The zero-order chi connectivity index (χ0) is 16.5. The molecule has 0 amide bonds. The lowest BCUT2D eigenvalue weighted by atomic mass is 9.84. The van der Waals surface area contributed by atoms with Crippen LogP contribution in [-0.4, -0.2) is 9.13 Å². The van der Waals surface area contributed by atoms with Crippen LogP contribution in [0.15, 0.2) is 53.3 Å². The van der Waals surface area contributed by atoms with Crippen LogP contribution in [0.5, 0.6) is 0 Å². The average Bonchev–Trinajstić information content (AvgIpc) is 2.88. The minimum atomic E-state index is 0.0487. The van der Waals surface area contributed by atoms with Crippen LogP contribution in [0.25, 0.3) is 11.0 Å². The van der Waals surface area contributed by atoms with Crippen LogP contribution >= 0.6 is 0 Å². The third-order valence-electron chi connectivity index (χ3n) is 5.45. The van der Waals surface area contributed by atoms with Gasteiger partial charge in [0.1, 0.15) is 0 Å². The minimum Gasteiger partial charge on any atom is -0.295 e. The smallest absolute Gasteiger partial charge is 0.295 e.